The number of aryl methyl sites for hydroxylation is 1. The lowest BCUT2D eigenvalue weighted by Crippen LogP contribution is -2.67. The Morgan fingerprint density at radius 3 is 2.45 bits per heavy atom. The van der Waals surface area contributed by atoms with Crippen molar-refractivity contribution in [1.82, 2.24) is 14.7 Å². The molecule has 0 aromatic heterocycles. The Balaban J connectivity index is 1.79. The van der Waals surface area contributed by atoms with Crippen molar-refractivity contribution in [2.75, 3.05) is 11.9 Å². The summed E-state index contributed by atoms with van der Waals surface area (Å²) >= 11 is 0. The van der Waals surface area contributed by atoms with Gasteiger partial charge in [-0.1, -0.05) is 12.1 Å². The van der Waals surface area contributed by atoms with E-state index in [1.165, 1.54) is 11.8 Å². The molecule has 1 aromatic rings. The van der Waals surface area contributed by atoms with E-state index in [9.17, 15) is 14.4 Å². The second kappa shape index (κ2) is 6.43. The largest absolute Gasteiger partial charge is 0.328 e. The molecule has 0 saturated carbocycles. The molecule has 0 bridgehead atoms. The van der Waals surface area contributed by atoms with E-state index >= 15 is 0 Å². The van der Waals surface area contributed by atoms with Crippen LogP contribution in [0.4, 0.5) is 10.5 Å². The van der Waals surface area contributed by atoms with Crippen LogP contribution in [0.3, 0.4) is 0 Å². The summed E-state index contributed by atoms with van der Waals surface area (Å²) in [5.74, 6) is 0.00710. The first-order valence-electron chi connectivity index (χ1n) is 9.66. The number of nitrogens with zero attached hydrogens (tertiary/aromatic N) is 5. The molecule has 4 rings (SSSR count). The molecule has 8 nitrogen and oxygen atoms in total. The van der Waals surface area contributed by atoms with Gasteiger partial charge in [0.05, 0.1) is 6.04 Å². The minimum atomic E-state index is -0.816. The molecule has 3 amide bonds. The Bertz CT molecular complexity index is 998. The Kier molecular flexibility index (Phi) is 4.25. The highest BCUT2D eigenvalue weighted by molar-refractivity contribution is 6.11. The summed E-state index contributed by atoms with van der Waals surface area (Å²) < 4.78 is 0. The van der Waals surface area contributed by atoms with Crippen molar-refractivity contribution in [3.63, 3.8) is 0 Å². The molecule has 3 aliphatic rings. The molecule has 0 spiro atoms. The number of anilines is 1. The van der Waals surface area contributed by atoms with E-state index in [0.29, 0.717) is 5.96 Å². The molecule has 0 aliphatic carbocycles. The van der Waals surface area contributed by atoms with Crippen molar-refractivity contribution in [2.24, 2.45) is 4.99 Å². The molecule has 0 N–H and O–H groups in total. The number of fused-ring (bicyclic) bond motifs is 3. The highest BCUT2D eigenvalue weighted by Crippen LogP contribution is 2.40. The Labute approximate surface area is 170 Å². The van der Waals surface area contributed by atoms with Gasteiger partial charge in [-0.05, 0) is 52.3 Å². The number of ketones is 1. The van der Waals surface area contributed by atoms with E-state index < -0.39 is 30.2 Å². The van der Waals surface area contributed by atoms with Gasteiger partial charge in [-0.3, -0.25) is 24.3 Å². The molecule has 0 radical (unpaired) electrons. The number of carbonyl (C=O) groups excluding carboxylic acids is 3. The maximum Gasteiger partial charge on any atom is 0.328 e. The van der Waals surface area contributed by atoms with Crippen molar-refractivity contribution in [2.45, 2.75) is 52.9 Å². The smallest absolute Gasteiger partial charge is 0.302 e. The van der Waals surface area contributed by atoms with Crippen LogP contribution in [-0.2, 0) is 9.59 Å². The van der Waals surface area contributed by atoms with Gasteiger partial charge in [0.2, 0.25) is 5.96 Å². The normalized spacial score (nSPS) is 24.8. The zero-order valence-corrected chi connectivity index (χ0v) is 17.5. The predicted molar refractivity (Wildman–Crippen MR) is 109 cm³/mol. The van der Waals surface area contributed by atoms with E-state index in [0.717, 1.165) is 27.5 Å². The summed E-state index contributed by atoms with van der Waals surface area (Å²) in [6.45, 7) is 8.94. The van der Waals surface area contributed by atoms with Gasteiger partial charge in [0.1, 0.15) is 0 Å². The first-order chi connectivity index (χ1) is 13.6. The fourth-order valence-electron chi connectivity index (χ4n) is 4.19. The zero-order chi connectivity index (χ0) is 21.2. The minimum absolute atomic E-state index is 0.232. The van der Waals surface area contributed by atoms with Gasteiger partial charge in [-0.15, -0.1) is 0 Å². The third kappa shape index (κ3) is 2.58. The SMILES string of the molecule is CC(=O)C(C)N1C(=O)C2C(N=C3N(c4cccc(C)c4)C(C)=C(C)N32)N(C)C1=O. The van der Waals surface area contributed by atoms with Gasteiger partial charge >= 0.3 is 6.03 Å². The second-order valence-corrected chi connectivity index (χ2v) is 7.89. The van der Waals surface area contributed by atoms with E-state index in [1.807, 2.05) is 48.8 Å². The van der Waals surface area contributed by atoms with Crippen LogP contribution in [0.15, 0.2) is 40.7 Å². The third-order valence-electron chi connectivity index (χ3n) is 6.07. The van der Waals surface area contributed by atoms with Gasteiger partial charge < -0.3 is 4.90 Å². The average molecular weight is 395 g/mol. The summed E-state index contributed by atoms with van der Waals surface area (Å²) in [4.78, 5) is 49.4. The highest BCUT2D eigenvalue weighted by Gasteiger charge is 2.57. The Morgan fingerprint density at radius 2 is 1.83 bits per heavy atom. The van der Waals surface area contributed by atoms with Crippen LogP contribution >= 0.6 is 0 Å². The highest BCUT2D eigenvalue weighted by atomic mass is 16.2. The number of Topliss-reactive ketones (excluding diaryl/α,β-unsaturated/α-hetero) is 1. The van der Waals surface area contributed by atoms with Crippen molar-refractivity contribution in [3.8, 4) is 0 Å². The van der Waals surface area contributed by atoms with Gasteiger partial charge in [0, 0.05) is 24.1 Å². The summed E-state index contributed by atoms with van der Waals surface area (Å²) in [5, 5.41) is 0. The molecule has 3 unspecified atom stereocenters. The number of guanidine groups is 1. The Hall–Kier alpha value is -3.16. The van der Waals surface area contributed by atoms with Crippen molar-refractivity contribution < 1.29 is 14.4 Å². The fourth-order valence-corrected chi connectivity index (χ4v) is 4.19. The van der Waals surface area contributed by atoms with Crippen LogP contribution in [0.25, 0.3) is 0 Å². The first kappa shape index (κ1) is 19.2. The van der Waals surface area contributed by atoms with E-state index in [1.54, 1.807) is 14.0 Å². The second-order valence-electron chi connectivity index (χ2n) is 7.89. The van der Waals surface area contributed by atoms with Crippen molar-refractivity contribution >= 4 is 29.4 Å². The number of hydrogen-bond acceptors (Lipinski definition) is 6. The number of carbonyl (C=O) groups is 3. The first-order valence-corrected chi connectivity index (χ1v) is 9.66. The van der Waals surface area contributed by atoms with E-state index in [-0.39, 0.29) is 5.78 Å². The van der Waals surface area contributed by atoms with Gasteiger partial charge in [-0.2, -0.15) is 0 Å². The quantitative estimate of drug-likeness (QED) is 0.785. The summed E-state index contributed by atoms with van der Waals surface area (Å²) in [6, 6.07) is 6.07. The van der Waals surface area contributed by atoms with Gasteiger partial charge in [0.15, 0.2) is 18.0 Å². The number of amides is 3. The average Bonchev–Trinajstić information content (AvgIpc) is 3.16. The number of benzene rings is 1. The number of allylic oxidation sites excluding steroid dienone is 2. The molecule has 152 valence electrons. The Morgan fingerprint density at radius 1 is 1.14 bits per heavy atom. The summed E-state index contributed by atoms with van der Waals surface area (Å²) in [6.07, 6.45) is -0.629. The molecule has 1 aromatic carbocycles. The molecular formula is C21H25N5O3. The molecule has 3 aliphatic heterocycles. The minimum Gasteiger partial charge on any atom is -0.302 e. The summed E-state index contributed by atoms with van der Waals surface area (Å²) in [5.41, 5.74) is 3.96. The third-order valence-corrected chi connectivity index (χ3v) is 6.07. The molecular weight excluding hydrogens is 370 g/mol. The molecule has 8 heteroatoms. The van der Waals surface area contributed by atoms with E-state index in [2.05, 4.69) is 6.07 Å². The van der Waals surface area contributed by atoms with Crippen LogP contribution in [0.5, 0.6) is 0 Å². The fraction of sp³-hybridized carbons (Fsp3) is 0.429. The number of aliphatic imine (C=N–C) groups is 1. The lowest BCUT2D eigenvalue weighted by Gasteiger charge is -2.42. The number of imide groups is 1. The van der Waals surface area contributed by atoms with Gasteiger partial charge in [-0.25, -0.2) is 9.79 Å². The van der Waals surface area contributed by atoms with Crippen LogP contribution in [0.1, 0.15) is 33.3 Å². The van der Waals surface area contributed by atoms with Crippen molar-refractivity contribution in [3.05, 3.63) is 41.2 Å². The topological polar surface area (TPSA) is 76.5 Å². The lowest BCUT2D eigenvalue weighted by molar-refractivity contribution is -0.142. The van der Waals surface area contributed by atoms with Crippen molar-refractivity contribution in [1.29, 1.82) is 0 Å². The molecule has 3 atom stereocenters. The van der Waals surface area contributed by atoms with Crippen LogP contribution < -0.4 is 4.90 Å². The molecule has 1 fully saturated rings. The van der Waals surface area contributed by atoms with Crippen LogP contribution in [0, 0.1) is 6.92 Å². The van der Waals surface area contributed by atoms with Gasteiger partial charge in [0.25, 0.3) is 5.91 Å². The number of likely N-dealkylation sites (N-methyl/N-ethyl adjacent to an activating group) is 1. The van der Waals surface area contributed by atoms with E-state index in [4.69, 9.17) is 4.99 Å². The monoisotopic (exact) mass is 395 g/mol. The number of hydrogen-bond donors (Lipinski definition) is 0. The van der Waals surface area contributed by atoms with Crippen LogP contribution in [0.2, 0.25) is 0 Å². The number of rotatable bonds is 3. The summed E-state index contributed by atoms with van der Waals surface area (Å²) in [7, 11) is 1.63. The zero-order valence-electron chi connectivity index (χ0n) is 17.5. The lowest BCUT2D eigenvalue weighted by atomic mass is 10.1. The number of urea groups is 1. The molecule has 29 heavy (non-hydrogen) atoms. The molecule has 3 heterocycles. The maximum absolute atomic E-state index is 13.4. The standard InChI is InChI=1S/C21H25N5O3/c1-11-8-7-9-16(10-11)24-12(2)13(3)25-17-18(22-20(24)25)23(6)21(29)26(19(17)28)14(4)15(5)27/h7-10,14,17-18H,1-6H3. The maximum atomic E-state index is 13.4. The predicted octanol–water partition coefficient (Wildman–Crippen LogP) is 2.30. The van der Waals surface area contributed by atoms with Crippen LogP contribution in [-0.4, -0.2) is 63.7 Å². The molecule has 1 saturated heterocycles.